The summed E-state index contributed by atoms with van der Waals surface area (Å²) in [6, 6.07) is 14.0. The quantitative estimate of drug-likeness (QED) is 0.448. The van der Waals surface area contributed by atoms with Crippen LogP contribution in [0.1, 0.15) is 18.5 Å². The summed E-state index contributed by atoms with van der Waals surface area (Å²) >= 11 is 0. The monoisotopic (exact) mass is 393 g/mol. The molecule has 0 spiro atoms. The number of nitrogens with one attached hydrogen (secondary N) is 3. The third-order valence-corrected chi connectivity index (χ3v) is 4.24. The van der Waals surface area contributed by atoms with Gasteiger partial charge in [-0.2, -0.15) is 10.1 Å². The Kier molecular flexibility index (Phi) is 5.10. The molecule has 0 saturated heterocycles. The normalized spacial score (nSPS) is 11.8. The molecule has 9 heteroatoms. The van der Waals surface area contributed by atoms with Crippen molar-refractivity contribution in [2.45, 2.75) is 13.0 Å². The number of hydrogen-bond acceptors (Lipinski definition) is 6. The highest BCUT2D eigenvalue weighted by Crippen LogP contribution is 2.22. The number of nitrogens with zero attached hydrogens (tertiary/aromatic N) is 4. The van der Waals surface area contributed by atoms with Gasteiger partial charge in [0.1, 0.15) is 18.0 Å². The van der Waals surface area contributed by atoms with Gasteiger partial charge in [0.05, 0.1) is 11.7 Å². The molecule has 2 aromatic carbocycles. The summed E-state index contributed by atoms with van der Waals surface area (Å²) in [6.07, 6.45) is 1.37. The first-order chi connectivity index (χ1) is 14.1. The molecule has 1 atom stereocenters. The maximum atomic E-state index is 13.4. The van der Waals surface area contributed by atoms with Gasteiger partial charge in [0.25, 0.3) is 0 Å². The number of aromatic amines is 1. The highest BCUT2D eigenvalue weighted by atomic mass is 19.1. The number of hydrogen-bond donors (Lipinski definition) is 3. The Morgan fingerprint density at radius 1 is 0.931 bits per heavy atom. The van der Waals surface area contributed by atoms with Gasteiger partial charge in [0, 0.05) is 11.6 Å². The van der Waals surface area contributed by atoms with E-state index >= 15 is 0 Å². The summed E-state index contributed by atoms with van der Waals surface area (Å²) in [6.45, 7) is 1.92. The van der Waals surface area contributed by atoms with Gasteiger partial charge in [-0.15, -0.1) is 0 Å². The van der Waals surface area contributed by atoms with Crippen LogP contribution in [-0.4, -0.2) is 25.1 Å². The second-order valence-electron chi connectivity index (χ2n) is 6.35. The highest BCUT2D eigenvalue weighted by Gasteiger charge is 2.10. The lowest BCUT2D eigenvalue weighted by Gasteiger charge is -2.14. The predicted octanol–water partition coefficient (Wildman–Crippen LogP) is 4.46. The first-order valence-corrected chi connectivity index (χ1v) is 8.86. The van der Waals surface area contributed by atoms with Gasteiger partial charge in [-0.25, -0.2) is 18.7 Å². The molecule has 0 amide bonds. The van der Waals surface area contributed by atoms with E-state index in [1.807, 2.05) is 6.92 Å². The SMILES string of the molecule is CC(Nc1ncnc(Nc2cc(-c3cccc(F)c3)[nH]n2)n1)c1ccc(F)cc1. The fourth-order valence-electron chi connectivity index (χ4n) is 2.76. The van der Waals surface area contributed by atoms with Crippen molar-refractivity contribution in [2.75, 3.05) is 10.6 Å². The van der Waals surface area contributed by atoms with E-state index < -0.39 is 0 Å². The second kappa shape index (κ2) is 8.01. The first kappa shape index (κ1) is 18.5. The summed E-state index contributed by atoms with van der Waals surface area (Å²) < 4.78 is 26.5. The van der Waals surface area contributed by atoms with Gasteiger partial charge in [-0.1, -0.05) is 24.3 Å². The molecule has 146 valence electrons. The van der Waals surface area contributed by atoms with Gasteiger partial charge in [-0.3, -0.25) is 5.10 Å². The molecule has 4 aromatic rings. The summed E-state index contributed by atoms with van der Waals surface area (Å²) in [5, 5.41) is 13.1. The smallest absolute Gasteiger partial charge is 0.233 e. The Hall–Kier alpha value is -3.88. The number of rotatable bonds is 6. The number of halogens is 2. The Balaban J connectivity index is 1.46. The minimum absolute atomic E-state index is 0.129. The van der Waals surface area contributed by atoms with Crippen LogP contribution in [0, 0.1) is 11.6 Å². The molecule has 29 heavy (non-hydrogen) atoms. The van der Waals surface area contributed by atoms with Crippen LogP contribution < -0.4 is 10.6 Å². The molecule has 0 radical (unpaired) electrons. The Morgan fingerprint density at radius 2 is 1.72 bits per heavy atom. The van der Waals surface area contributed by atoms with Gasteiger partial charge >= 0.3 is 0 Å². The van der Waals surface area contributed by atoms with E-state index in [0.29, 0.717) is 29.0 Å². The molecule has 1 unspecified atom stereocenters. The van der Waals surface area contributed by atoms with E-state index in [-0.39, 0.29) is 17.7 Å². The maximum Gasteiger partial charge on any atom is 0.233 e. The summed E-state index contributed by atoms with van der Waals surface area (Å²) in [7, 11) is 0. The van der Waals surface area contributed by atoms with Gasteiger partial charge in [0.2, 0.25) is 11.9 Å². The van der Waals surface area contributed by atoms with Crippen LogP contribution in [0.25, 0.3) is 11.3 Å². The molecule has 0 saturated carbocycles. The third kappa shape index (κ3) is 4.52. The van der Waals surface area contributed by atoms with Crippen molar-refractivity contribution >= 4 is 17.7 Å². The van der Waals surface area contributed by atoms with Crippen LogP contribution in [0.2, 0.25) is 0 Å². The molecule has 0 bridgehead atoms. The molecule has 2 aromatic heterocycles. The van der Waals surface area contributed by atoms with Crippen LogP contribution in [0.3, 0.4) is 0 Å². The van der Waals surface area contributed by atoms with Crippen LogP contribution in [0.4, 0.5) is 26.5 Å². The van der Waals surface area contributed by atoms with Crippen molar-refractivity contribution in [2.24, 2.45) is 0 Å². The number of anilines is 3. The average molecular weight is 393 g/mol. The van der Waals surface area contributed by atoms with Crippen molar-refractivity contribution in [3.63, 3.8) is 0 Å². The zero-order valence-electron chi connectivity index (χ0n) is 15.4. The molecule has 2 heterocycles. The number of H-pyrrole nitrogens is 1. The van der Waals surface area contributed by atoms with E-state index in [2.05, 4.69) is 35.8 Å². The van der Waals surface area contributed by atoms with E-state index in [1.54, 1.807) is 30.3 Å². The average Bonchev–Trinajstić information content (AvgIpc) is 3.17. The Labute approximate surface area is 165 Å². The first-order valence-electron chi connectivity index (χ1n) is 8.86. The molecule has 0 aliphatic rings. The molecule has 7 nitrogen and oxygen atoms in total. The van der Waals surface area contributed by atoms with E-state index in [9.17, 15) is 8.78 Å². The largest absolute Gasteiger partial charge is 0.348 e. The standard InChI is InChI=1S/C20H17F2N7/c1-12(13-5-7-15(21)8-6-13)25-19-23-11-24-20(27-19)26-18-10-17(28-29-18)14-3-2-4-16(22)9-14/h2-12H,1H3,(H3,23,24,25,26,27,28,29). The minimum atomic E-state index is -0.324. The zero-order valence-corrected chi connectivity index (χ0v) is 15.4. The second-order valence-corrected chi connectivity index (χ2v) is 6.35. The Bertz CT molecular complexity index is 1110. The summed E-state index contributed by atoms with van der Waals surface area (Å²) in [5.74, 6) is 0.526. The lowest BCUT2D eigenvalue weighted by atomic mass is 10.1. The maximum absolute atomic E-state index is 13.4. The molecule has 0 aliphatic carbocycles. The fourth-order valence-corrected chi connectivity index (χ4v) is 2.76. The van der Waals surface area contributed by atoms with Crippen LogP contribution >= 0.6 is 0 Å². The van der Waals surface area contributed by atoms with Gasteiger partial charge in [0.15, 0.2) is 5.82 Å². The van der Waals surface area contributed by atoms with Crippen LogP contribution in [0.15, 0.2) is 60.9 Å². The summed E-state index contributed by atoms with van der Waals surface area (Å²) in [5.41, 5.74) is 2.23. The molecular formula is C20H17F2N7. The number of benzene rings is 2. The van der Waals surface area contributed by atoms with Crippen molar-refractivity contribution in [1.29, 1.82) is 0 Å². The van der Waals surface area contributed by atoms with Crippen molar-refractivity contribution in [3.8, 4) is 11.3 Å². The lowest BCUT2D eigenvalue weighted by molar-refractivity contribution is 0.626. The molecule has 0 aliphatic heterocycles. The predicted molar refractivity (Wildman–Crippen MR) is 106 cm³/mol. The van der Waals surface area contributed by atoms with Crippen molar-refractivity contribution in [3.05, 3.63) is 78.1 Å². The molecule has 4 rings (SSSR count). The number of aromatic nitrogens is 5. The van der Waals surface area contributed by atoms with Gasteiger partial charge in [-0.05, 0) is 36.8 Å². The van der Waals surface area contributed by atoms with Crippen molar-refractivity contribution in [1.82, 2.24) is 25.1 Å². The van der Waals surface area contributed by atoms with Crippen LogP contribution in [-0.2, 0) is 0 Å². The zero-order chi connectivity index (χ0) is 20.2. The topological polar surface area (TPSA) is 91.4 Å². The molecule has 3 N–H and O–H groups in total. The molecule has 0 fully saturated rings. The minimum Gasteiger partial charge on any atom is -0.348 e. The van der Waals surface area contributed by atoms with E-state index in [4.69, 9.17) is 0 Å². The Morgan fingerprint density at radius 3 is 2.52 bits per heavy atom. The van der Waals surface area contributed by atoms with Crippen molar-refractivity contribution < 1.29 is 8.78 Å². The fraction of sp³-hybridized carbons (Fsp3) is 0.100. The highest BCUT2D eigenvalue weighted by molar-refractivity contribution is 5.64. The van der Waals surface area contributed by atoms with Gasteiger partial charge < -0.3 is 10.6 Å². The summed E-state index contributed by atoms with van der Waals surface area (Å²) in [4.78, 5) is 12.5. The van der Waals surface area contributed by atoms with E-state index in [0.717, 1.165) is 5.56 Å². The van der Waals surface area contributed by atoms with E-state index in [1.165, 1.54) is 30.6 Å². The third-order valence-electron chi connectivity index (χ3n) is 4.24. The molecular weight excluding hydrogens is 376 g/mol. The van der Waals surface area contributed by atoms with Crippen LogP contribution in [0.5, 0.6) is 0 Å². The lowest BCUT2D eigenvalue weighted by Crippen LogP contribution is -2.11.